The number of nitrogens with one attached hydrogen (secondary N) is 1. The Morgan fingerprint density at radius 1 is 1.29 bits per heavy atom. The molecule has 0 aliphatic carbocycles. The van der Waals surface area contributed by atoms with Crippen LogP contribution in [-0.2, 0) is 6.54 Å². The molecule has 0 saturated carbocycles. The monoisotopic (exact) mass is 344 g/mol. The van der Waals surface area contributed by atoms with Crippen LogP contribution in [0.15, 0.2) is 36.9 Å². The van der Waals surface area contributed by atoms with Gasteiger partial charge in [0.25, 0.3) is 5.52 Å². The smallest absolute Gasteiger partial charge is 0.385 e. The van der Waals surface area contributed by atoms with Gasteiger partial charge in [-0.1, -0.05) is 11.6 Å². The predicted octanol–water partition coefficient (Wildman–Crippen LogP) is 1.33. The van der Waals surface area contributed by atoms with Crippen LogP contribution in [0.4, 0.5) is 5.82 Å². The Morgan fingerprint density at radius 2 is 2.12 bits per heavy atom. The number of rotatable bonds is 5. The third kappa shape index (κ3) is 2.89. The lowest BCUT2D eigenvalue weighted by Crippen LogP contribution is -2.44. The molecule has 0 amide bonds. The van der Waals surface area contributed by atoms with E-state index in [-0.39, 0.29) is 22.5 Å². The summed E-state index contributed by atoms with van der Waals surface area (Å²) >= 11 is 5.86. The lowest BCUT2D eigenvalue weighted by atomic mass is 10.2. The van der Waals surface area contributed by atoms with Crippen LogP contribution >= 0.6 is 11.6 Å². The van der Waals surface area contributed by atoms with Crippen molar-refractivity contribution < 1.29 is 9.46 Å². The van der Waals surface area contributed by atoms with Crippen molar-refractivity contribution in [1.82, 2.24) is 9.55 Å². The van der Waals surface area contributed by atoms with Gasteiger partial charge in [0.15, 0.2) is 6.07 Å². The van der Waals surface area contributed by atoms with Crippen molar-refractivity contribution in [1.29, 1.82) is 5.26 Å². The van der Waals surface area contributed by atoms with Gasteiger partial charge in [0.2, 0.25) is 5.52 Å². The Bertz CT molecular complexity index is 920. The molecule has 3 rings (SSSR count). The number of hydrogen-bond acceptors (Lipinski definition) is 5. The summed E-state index contributed by atoms with van der Waals surface area (Å²) in [7, 11) is 0. The first-order valence-electron chi connectivity index (χ1n) is 7.20. The van der Waals surface area contributed by atoms with Gasteiger partial charge in [0.1, 0.15) is 0 Å². The van der Waals surface area contributed by atoms with Crippen molar-refractivity contribution in [3.8, 4) is 6.07 Å². The van der Waals surface area contributed by atoms with Crippen molar-refractivity contribution in [3.63, 3.8) is 0 Å². The molecule has 0 fully saturated rings. The van der Waals surface area contributed by atoms with Gasteiger partial charge in [-0.25, -0.2) is 9.71 Å². The third-order valence-electron chi connectivity index (χ3n) is 3.56. The average Bonchev–Trinajstić information content (AvgIpc) is 3.09. The standard InChI is InChI=1S/C15H13ClN6O2/c16-11-2-3-12-13(8-11)21(23)14(9-17)15(22(12)24)19-4-1-6-20-7-5-18-10-20/h2-3,5,7-8,10,19H,1,4,6H2. The molecule has 0 spiro atoms. The number of imidazole rings is 1. The van der Waals surface area contributed by atoms with Crippen LogP contribution < -0.4 is 14.8 Å². The average molecular weight is 345 g/mol. The van der Waals surface area contributed by atoms with E-state index in [9.17, 15) is 15.7 Å². The minimum Gasteiger partial charge on any atom is -0.710 e. The molecule has 3 aromatic rings. The predicted molar refractivity (Wildman–Crippen MR) is 86.9 cm³/mol. The zero-order valence-corrected chi connectivity index (χ0v) is 13.3. The highest BCUT2D eigenvalue weighted by Crippen LogP contribution is 2.17. The van der Waals surface area contributed by atoms with E-state index in [2.05, 4.69) is 10.3 Å². The van der Waals surface area contributed by atoms with Crippen LogP contribution in [0.2, 0.25) is 5.02 Å². The summed E-state index contributed by atoms with van der Waals surface area (Å²) in [6.45, 7) is 1.13. The molecule has 0 saturated heterocycles. The fourth-order valence-electron chi connectivity index (χ4n) is 2.41. The minimum atomic E-state index is -0.289. The second-order valence-electron chi connectivity index (χ2n) is 5.11. The zero-order chi connectivity index (χ0) is 17.1. The molecule has 9 heteroatoms. The van der Waals surface area contributed by atoms with Crippen LogP contribution in [0.1, 0.15) is 12.1 Å². The largest absolute Gasteiger partial charge is 0.710 e. The van der Waals surface area contributed by atoms with Gasteiger partial charge >= 0.3 is 11.5 Å². The number of anilines is 1. The number of benzene rings is 1. The highest BCUT2D eigenvalue weighted by molar-refractivity contribution is 6.31. The number of nitrogens with zero attached hydrogens (tertiary/aromatic N) is 5. The number of hydrogen-bond donors (Lipinski definition) is 1. The quantitative estimate of drug-likeness (QED) is 0.427. The maximum Gasteiger partial charge on any atom is 0.385 e. The van der Waals surface area contributed by atoms with E-state index < -0.39 is 0 Å². The molecule has 1 aromatic carbocycles. The Labute approximate surface area is 142 Å². The summed E-state index contributed by atoms with van der Waals surface area (Å²) in [4.78, 5) is 3.94. The van der Waals surface area contributed by atoms with Crippen LogP contribution in [0.5, 0.6) is 0 Å². The van der Waals surface area contributed by atoms with Crippen LogP contribution in [-0.4, -0.2) is 16.1 Å². The molecular formula is C15H13ClN6O2. The summed E-state index contributed by atoms with van der Waals surface area (Å²) < 4.78 is 2.87. The Morgan fingerprint density at radius 3 is 2.83 bits per heavy atom. The Balaban J connectivity index is 1.88. The summed E-state index contributed by atoms with van der Waals surface area (Å²) in [5, 5.41) is 37.3. The van der Waals surface area contributed by atoms with E-state index in [1.165, 1.54) is 18.2 Å². The molecule has 122 valence electrons. The van der Waals surface area contributed by atoms with Gasteiger partial charge in [0.05, 0.1) is 12.9 Å². The molecule has 2 aromatic heterocycles. The van der Waals surface area contributed by atoms with E-state index in [1.54, 1.807) is 18.6 Å². The van der Waals surface area contributed by atoms with Gasteiger partial charge in [-0.15, -0.1) is 4.73 Å². The highest BCUT2D eigenvalue weighted by Gasteiger charge is 2.26. The van der Waals surface area contributed by atoms with E-state index in [1.807, 2.05) is 10.8 Å². The first-order valence-corrected chi connectivity index (χ1v) is 7.57. The van der Waals surface area contributed by atoms with Crippen molar-refractivity contribution in [2.45, 2.75) is 13.0 Å². The van der Waals surface area contributed by atoms with Crippen molar-refractivity contribution in [2.24, 2.45) is 0 Å². The molecule has 0 atom stereocenters. The molecule has 0 aliphatic rings. The maximum absolute atomic E-state index is 12.5. The maximum atomic E-state index is 12.5. The SMILES string of the molecule is N#Cc1c(NCCCn2ccnc2)[n+]([O-])c2ccc(Cl)cc2[n+]1[O-]. The van der Waals surface area contributed by atoms with Gasteiger partial charge < -0.3 is 15.0 Å². The lowest BCUT2D eigenvalue weighted by Gasteiger charge is -2.13. The van der Waals surface area contributed by atoms with Gasteiger partial charge in [-0.2, -0.15) is 5.26 Å². The molecular weight excluding hydrogens is 332 g/mol. The second-order valence-corrected chi connectivity index (χ2v) is 5.55. The number of fused-ring (bicyclic) bond motifs is 1. The molecule has 8 nitrogen and oxygen atoms in total. The lowest BCUT2D eigenvalue weighted by molar-refractivity contribution is -0.620. The van der Waals surface area contributed by atoms with Crippen molar-refractivity contribution in [2.75, 3.05) is 11.9 Å². The summed E-state index contributed by atoms with van der Waals surface area (Å²) in [5.41, 5.74) is -0.0917. The third-order valence-corrected chi connectivity index (χ3v) is 3.79. The van der Waals surface area contributed by atoms with E-state index in [4.69, 9.17) is 11.6 Å². The topological polar surface area (TPSA) is 108 Å². The molecule has 2 heterocycles. The van der Waals surface area contributed by atoms with Crippen molar-refractivity contribution in [3.05, 3.63) is 58.1 Å². The number of halogens is 1. The number of aromatic nitrogens is 4. The molecule has 24 heavy (non-hydrogen) atoms. The van der Waals surface area contributed by atoms with E-state index >= 15 is 0 Å². The van der Waals surface area contributed by atoms with E-state index in [0.29, 0.717) is 34.0 Å². The molecule has 1 N–H and O–H groups in total. The van der Waals surface area contributed by atoms with Crippen LogP contribution in [0.3, 0.4) is 0 Å². The number of aryl methyl sites for hydroxylation is 1. The fourth-order valence-corrected chi connectivity index (χ4v) is 2.57. The highest BCUT2D eigenvalue weighted by atomic mass is 35.5. The minimum absolute atomic E-state index is 0.0537. The van der Waals surface area contributed by atoms with Crippen LogP contribution in [0.25, 0.3) is 11.0 Å². The first-order chi connectivity index (χ1) is 11.6. The Hall–Kier alpha value is -3.05. The van der Waals surface area contributed by atoms with Crippen molar-refractivity contribution >= 4 is 28.5 Å². The van der Waals surface area contributed by atoms with Gasteiger partial charge in [-0.3, -0.25) is 5.32 Å². The van der Waals surface area contributed by atoms with E-state index in [0.717, 1.165) is 0 Å². The number of nitriles is 1. The van der Waals surface area contributed by atoms with Gasteiger partial charge in [0, 0.05) is 36.4 Å². The summed E-state index contributed by atoms with van der Waals surface area (Å²) in [6.07, 6.45) is 5.90. The summed E-state index contributed by atoms with van der Waals surface area (Å²) in [6, 6.07) is 6.12. The Kier molecular flexibility index (Phi) is 4.35. The van der Waals surface area contributed by atoms with Crippen LogP contribution in [0, 0.1) is 21.7 Å². The molecule has 0 bridgehead atoms. The summed E-state index contributed by atoms with van der Waals surface area (Å²) in [5.74, 6) is -0.0621. The normalized spacial score (nSPS) is 10.7. The zero-order valence-electron chi connectivity index (χ0n) is 12.5. The second kappa shape index (κ2) is 6.60. The fraction of sp³-hybridized carbons (Fsp3) is 0.200. The van der Waals surface area contributed by atoms with Gasteiger partial charge in [-0.05, 0) is 12.1 Å². The first kappa shape index (κ1) is 15.8. The molecule has 0 aliphatic heterocycles. The molecule has 0 radical (unpaired) electrons. The molecule has 0 unspecified atom stereocenters.